The van der Waals surface area contributed by atoms with Crippen LogP contribution in [0.5, 0.6) is 0 Å². The molecule has 5 heteroatoms. The minimum absolute atomic E-state index is 0.00981. The Bertz CT molecular complexity index is 377. The van der Waals surface area contributed by atoms with Gasteiger partial charge in [-0.05, 0) is 19.4 Å². The van der Waals surface area contributed by atoms with Gasteiger partial charge in [0.05, 0.1) is 10.7 Å². The second-order valence-electron chi connectivity index (χ2n) is 2.70. The third-order valence-corrected chi connectivity index (χ3v) is 2.26. The predicted molar refractivity (Wildman–Crippen MR) is 50.1 cm³/mol. The molecular weight excluding hydrogens is 192 g/mol. The third kappa shape index (κ3) is 1.58. The van der Waals surface area contributed by atoms with E-state index in [2.05, 4.69) is 4.98 Å². The molecule has 1 rings (SSSR count). The van der Waals surface area contributed by atoms with E-state index in [1.807, 2.05) is 0 Å². The summed E-state index contributed by atoms with van der Waals surface area (Å²) in [6.07, 6.45) is 0. The summed E-state index contributed by atoms with van der Waals surface area (Å²) < 4.78 is 0. The number of aryl methyl sites for hydroxylation is 1. The Morgan fingerprint density at radius 3 is 2.54 bits per heavy atom. The topological polar surface area (TPSA) is 76.2 Å². The van der Waals surface area contributed by atoms with E-state index in [9.17, 15) is 4.79 Å². The third-order valence-electron chi connectivity index (χ3n) is 1.87. The maximum Gasteiger partial charge on any atom is 0.356 e. The molecule has 3 N–H and O–H groups in total. The molecule has 4 nitrogen and oxygen atoms in total. The normalized spacial score (nSPS) is 10.1. The number of aromatic nitrogens is 1. The summed E-state index contributed by atoms with van der Waals surface area (Å²) in [5, 5.41) is 8.71. The minimum atomic E-state index is -1.17. The Morgan fingerprint density at radius 1 is 1.54 bits per heavy atom. The number of nitrogens with zero attached hydrogens (tertiary/aromatic N) is 1. The molecule has 1 aromatic rings. The van der Waals surface area contributed by atoms with Crippen LogP contribution in [0.15, 0.2) is 0 Å². The molecule has 0 unspecified atom stereocenters. The van der Waals surface area contributed by atoms with Crippen molar-refractivity contribution < 1.29 is 9.90 Å². The van der Waals surface area contributed by atoms with Crippen molar-refractivity contribution in [3.8, 4) is 0 Å². The Kier molecular flexibility index (Phi) is 2.43. The monoisotopic (exact) mass is 200 g/mol. The molecule has 0 spiro atoms. The molecule has 0 aliphatic rings. The molecule has 70 valence electrons. The number of carboxylic acids is 1. The summed E-state index contributed by atoms with van der Waals surface area (Å²) in [5.74, 6) is -1.17. The van der Waals surface area contributed by atoms with E-state index < -0.39 is 5.97 Å². The van der Waals surface area contributed by atoms with E-state index in [-0.39, 0.29) is 16.4 Å². The van der Waals surface area contributed by atoms with Crippen LogP contribution in [0.4, 0.5) is 5.69 Å². The molecular formula is C8H9ClN2O2. The fourth-order valence-electron chi connectivity index (χ4n) is 0.929. The first-order chi connectivity index (χ1) is 5.95. The van der Waals surface area contributed by atoms with Crippen LogP contribution < -0.4 is 5.73 Å². The van der Waals surface area contributed by atoms with E-state index in [0.717, 1.165) is 5.56 Å². The molecule has 0 aliphatic carbocycles. The van der Waals surface area contributed by atoms with E-state index in [1.54, 1.807) is 13.8 Å². The van der Waals surface area contributed by atoms with Crippen molar-refractivity contribution >= 4 is 23.3 Å². The molecule has 0 saturated heterocycles. The van der Waals surface area contributed by atoms with Crippen LogP contribution in [0, 0.1) is 13.8 Å². The molecule has 0 atom stereocenters. The zero-order valence-electron chi connectivity index (χ0n) is 7.26. The van der Waals surface area contributed by atoms with Crippen molar-refractivity contribution in [2.75, 3.05) is 5.73 Å². The molecule has 0 aliphatic heterocycles. The molecule has 0 radical (unpaired) electrons. The lowest BCUT2D eigenvalue weighted by Crippen LogP contribution is -2.07. The fraction of sp³-hybridized carbons (Fsp3) is 0.250. The highest BCUT2D eigenvalue weighted by atomic mass is 35.5. The van der Waals surface area contributed by atoms with Gasteiger partial charge in [0, 0.05) is 5.69 Å². The second-order valence-corrected chi connectivity index (χ2v) is 3.08. The first-order valence-corrected chi connectivity index (χ1v) is 3.98. The van der Waals surface area contributed by atoms with Gasteiger partial charge >= 0.3 is 5.97 Å². The van der Waals surface area contributed by atoms with Gasteiger partial charge in [-0.15, -0.1) is 0 Å². The van der Waals surface area contributed by atoms with Crippen molar-refractivity contribution in [2.45, 2.75) is 13.8 Å². The number of rotatable bonds is 1. The number of nitrogens with two attached hydrogens (primary N) is 1. The zero-order valence-corrected chi connectivity index (χ0v) is 8.01. The van der Waals surface area contributed by atoms with Crippen LogP contribution in [-0.2, 0) is 0 Å². The molecule has 0 amide bonds. The number of hydrogen-bond donors (Lipinski definition) is 2. The van der Waals surface area contributed by atoms with Crippen LogP contribution in [0.1, 0.15) is 21.7 Å². The van der Waals surface area contributed by atoms with Gasteiger partial charge in [0.2, 0.25) is 0 Å². The van der Waals surface area contributed by atoms with Crippen molar-refractivity contribution in [1.29, 1.82) is 0 Å². The summed E-state index contributed by atoms with van der Waals surface area (Å²) in [6, 6.07) is 0. The first-order valence-electron chi connectivity index (χ1n) is 3.60. The molecule has 0 fully saturated rings. The molecule has 0 bridgehead atoms. The standard InChI is InChI=1S/C8H9ClN2O2/c1-3-4(2)11-7(8(12)13)5(9)6(3)10/h1-2H3,(H2,10,11)(H,12,13). The highest BCUT2D eigenvalue weighted by Crippen LogP contribution is 2.26. The van der Waals surface area contributed by atoms with Gasteiger partial charge in [0.25, 0.3) is 0 Å². The lowest BCUT2D eigenvalue weighted by Gasteiger charge is -2.07. The Morgan fingerprint density at radius 2 is 2.08 bits per heavy atom. The van der Waals surface area contributed by atoms with Gasteiger partial charge in [-0.3, -0.25) is 0 Å². The van der Waals surface area contributed by atoms with Crippen LogP contribution in [0.25, 0.3) is 0 Å². The SMILES string of the molecule is Cc1nc(C(=O)O)c(Cl)c(N)c1C. The van der Waals surface area contributed by atoms with Gasteiger partial charge in [0.1, 0.15) is 0 Å². The number of hydrogen-bond acceptors (Lipinski definition) is 3. The highest BCUT2D eigenvalue weighted by Gasteiger charge is 2.16. The largest absolute Gasteiger partial charge is 0.476 e. The molecule has 13 heavy (non-hydrogen) atoms. The van der Waals surface area contributed by atoms with Crippen molar-refractivity contribution in [2.24, 2.45) is 0 Å². The Balaban J connectivity index is 3.50. The van der Waals surface area contributed by atoms with E-state index in [4.69, 9.17) is 22.4 Å². The van der Waals surface area contributed by atoms with Gasteiger partial charge in [0.15, 0.2) is 5.69 Å². The number of carboxylic acid groups (broad SMARTS) is 1. The Labute approximate surface area is 80.3 Å². The molecule has 0 aromatic carbocycles. The fourth-order valence-corrected chi connectivity index (χ4v) is 1.19. The summed E-state index contributed by atoms with van der Waals surface area (Å²) >= 11 is 5.70. The van der Waals surface area contributed by atoms with Crippen LogP contribution >= 0.6 is 11.6 Å². The van der Waals surface area contributed by atoms with Gasteiger partial charge in [-0.1, -0.05) is 11.6 Å². The quantitative estimate of drug-likeness (QED) is 0.723. The summed E-state index contributed by atoms with van der Waals surface area (Å²) in [6.45, 7) is 3.43. The highest BCUT2D eigenvalue weighted by molar-refractivity contribution is 6.35. The van der Waals surface area contributed by atoms with Crippen molar-refractivity contribution in [3.05, 3.63) is 22.0 Å². The maximum absolute atomic E-state index is 10.6. The summed E-state index contributed by atoms with van der Waals surface area (Å²) in [4.78, 5) is 14.5. The predicted octanol–water partition coefficient (Wildman–Crippen LogP) is 1.63. The zero-order chi connectivity index (χ0) is 10.2. The van der Waals surface area contributed by atoms with Gasteiger partial charge in [-0.25, -0.2) is 9.78 Å². The number of anilines is 1. The first kappa shape index (κ1) is 9.80. The summed E-state index contributed by atoms with van der Waals surface area (Å²) in [7, 11) is 0. The molecule has 1 heterocycles. The second kappa shape index (κ2) is 3.22. The van der Waals surface area contributed by atoms with Gasteiger partial charge < -0.3 is 10.8 Å². The maximum atomic E-state index is 10.6. The Hall–Kier alpha value is -1.29. The number of halogens is 1. The summed E-state index contributed by atoms with van der Waals surface area (Å²) in [5.41, 5.74) is 6.98. The van der Waals surface area contributed by atoms with Crippen molar-refractivity contribution in [1.82, 2.24) is 4.98 Å². The number of carbonyl (C=O) groups is 1. The van der Waals surface area contributed by atoms with Crippen LogP contribution in [-0.4, -0.2) is 16.1 Å². The number of aromatic carboxylic acids is 1. The average Bonchev–Trinajstić information content (AvgIpc) is 2.07. The van der Waals surface area contributed by atoms with Crippen molar-refractivity contribution in [3.63, 3.8) is 0 Å². The minimum Gasteiger partial charge on any atom is -0.476 e. The number of nitrogen functional groups attached to an aromatic ring is 1. The van der Waals surface area contributed by atoms with Crippen LogP contribution in [0.2, 0.25) is 5.02 Å². The number of pyridine rings is 1. The molecule has 0 saturated carbocycles. The smallest absolute Gasteiger partial charge is 0.356 e. The lowest BCUT2D eigenvalue weighted by molar-refractivity contribution is 0.0690. The van der Waals surface area contributed by atoms with Gasteiger partial charge in [-0.2, -0.15) is 0 Å². The average molecular weight is 201 g/mol. The van der Waals surface area contributed by atoms with E-state index in [1.165, 1.54) is 0 Å². The lowest BCUT2D eigenvalue weighted by atomic mass is 10.1. The molecule has 1 aromatic heterocycles. The van der Waals surface area contributed by atoms with Crippen LogP contribution in [0.3, 0.4) is 0 Å². The van der Waals surface area contributed by atoms with E-state index >= 15 is 0 Å². The van der Waals surface area contributed by atoms with E-state index in [0.29, 0.717) is 5.69 Å².